The molecule has 0 radical (unpaired) electrons. The minimum Gasteiger partial charge on any atom is -0.366 e. The highest BCUT2D eigenvalue weighted by Crippen LogP contribution is 2.11. The van der Waals surface area contributed by atoms with Crippen LogP contribution >= 0.6 is 0 Å². The Morgan fingerprint density at radius 2 is 2.33 bits per heavy atom. The zero-order chi connectivity index (χ0) is 11.1. The van der Waals surface area contributed by atoms with Gasteiger partial charge in [0.05, 0.1) is 6.61 Å². The summed E-state index contributed by atoms with van der Waals surface area (Å²) < 4.78 is 5.40. The van der Waals surface area contributed by atoms with Crippen LogP contribution in [0.1, 0.15) is 32.6 Å². The first-order valence-corrected chi connectivity index (χ1v) is 5.90. The summed E-state index contributed by atoms with van der Waals surface area (Å²) in [6, 6.07) is 0. The first-order chi connectivity index (χ1) is 7.29. The maximum Gasteiger partial charge on any atom is 0.251 e. The molecule has 0 aliphatic carbocycles. The van der Waals surface area contributed by atoms with Crippen LogP contribution in [0.25, 0.3) is 0 Å². The largest absolute Gasteiger partial charge is 0.366 e. The van der Waals surface area contributed by atoms with Gasteiger partial charge in [0.15, 0.2) is 0 Å². The SMILES string of the molecule is CCCCCN1CCOC(CCN)C1=O. The number of hydrogen-bond donors (Lipinski definition) is 1. The molecule has 1 fully saturated rings. The fourth-order valence-corrected chi connectivity index (χ4v) is 1.82. The molecule has 1 heterocycles. The zero-order valence-electron chi connectivity index (χ0n) is 9.58. The lowest BCUT2D eigenvalue weighted by Gasteiger charge is -2.32. The molecule has 0 aromatic heterocycles. The normalized spacial score (nSPS) is 22.1. The van der Waals surface area contributed by atoms with Crippen molar-refractivity contribution >= 4 is 5.91 Å². The van der Waals surface area contributed by atoms with E-state index in [9.17, 15) is 4.79 Å². The number of carbonyl (C=O) groups excluding carboxylic acids is 1. The van der Waals surface area contributed by atoms with Gasteiger partial charge in [-0.25, -0.2) is 0 Å². The van der Waals surface area contributed by atoms with Crippen LogP contribution in [0, 0.1) is 0 Å². The third-order valence-electron chi connectivity index (χ3n) is 2.73. The van der Waals surface area contributed by atoms with Crippen molar-refractivity contribution < 1.29 is 9.53 Å². The van der Waals surface area contributed by atoms with Crippen LogP contribution in [-0.2, 0) is 9.53 Å². The summed E-state index contributed by atoms with van der Waals surface area (Å²) in [4.78, 5) is 13.8. The average Bonchev–Trinajstić information content (AvgIpc) is 2.24. The van der Waals surface area contributed by atoms with Gasteiger partial charge in [-0.3, -0.25) is 4.79 Å². The molecule has 1 saturated heterocycles. The molecule has 88 valence electrons. The van der Waals surface area contributed by atoms with Crippen molar-refractivity contribution in [1.82, 2.24) is 4.90 Å². The van der Waals surface area contributed by atoms with Crippen molar-refractivity contribution in [3.05, 3.63) is 0 Å². The molecule has 4 heteroatoms. The molecule has 1 unspecified atom stereocenters. The highest BCUT2D eigenvalue weighted by Gasteiger charge is 2.28. The zero-order valence-corrected chi connectivity index (χ0v) is 9.58. The summed E-state index contributed by atoms with van der Waals surface area (Å²) in [6.45, 7) is 4.95. The van der Waals surface area contributed by atoms with Gasteiger partial charge < -0.3 is 15.4 Å². The number of morpholine rings is 1. The Kier molecular flexibility index (Phi) is 5.65. The Balaban J connectivity index is 2.33. The molecular formula is C11H22N2O2. The highest BCUT2D eigenvalue weighted by molar-refractivity contribution is 5.81. The number of amides is 1. The quantitative estimate of drug-likeness (QED) is 0.664. The molecule has 2 N–H and O–H groups in total. The Hall–Kier alpha value is -0.610. The minimum absolute atomic E-state index is 0.128. The van der Waals surface area contributed by atoms with Crippen molar-refractivity contribution in [2.45, 2.75) is 38.7 Å². The van der Waals surface area contributed by atoms with Gasteiger partial charge in [-0.15, -0.1) is 0 Å². The number of ether oxygens (including phenoxy) is 1. The van der Waals surface area contributed by atoms with E-state index in [2.05, 4.69) is 6.92 Å². The van der Waals surface area contributed by atoms with E-state index in [0.717, 1.165) is 19.5 Å². The van der Waals surface area contributed by atoms with Gasteiger partial charge in [-0.05, 0) is 19.4 Å². The Morgan fingerprint density at radius 1 is 1.53 bits per heavy atom. The van der Waals surface area contributed by atoms with E-state index in [1.807, 2.05) is 4.90 Å². The van der Waals surface area contributed by atoms with Gasteiger partial charge >= 0.3 is 0 Å². The monoisotopic (exact) mass is 214 g/mol. The maximum absolute atomic E-state index is 11.9. The van der Waals surface area contributed by atoms with E-state index in [0.29, 0.717) is 19.6 Å². The van der Waals surface area contributed by atoms with Crippen LogP contribution in [0.15, 0.2) is 0 Å². The molecule has 1 atom stereocenters. The number of hydrogen-bond acceptors (Lipinski definition) is 3. The second kappa shape index (κ2) is 6.80. The summed E-state index contributed by atoms with van der Waals surface area (Å²) in [7, 11) is 0. The van der Waals surface area contributed by atoms with E-state index in [4.69, 9.17) is 10.5 Å². The van der Waals surface area contributed by atoms with Gasteiger partial charge in [0, 0.05) is 13.1 Å². The number of nitrogens with zero attached hydrogens (tertiary/aromatic N) is 1. The first kappa shape index (κ1) is 12.5. The van der Waals surface area contributed by atoms with Gasteiger partial charge in [-0.1, -0.05) is 19.8 Å². The summed E-state index contributed by atoms with van der Waals surface area (Å²) in [5.41, 5.74) is 5.44. The van der Waals surface area contributed by atoms with Crippen molar-refractivity contribution in [2.24, 2.45) is 5.73 Å². The molecule has 1 amide bonds. The van der Waals surface area contributed by atoms with Crippen molar-refractivity contribution in [3.63, 3.8) is 0 Å². The molecule has 0 aromatic rings. The number of carbonyl (C=O) groups is 1. The Bertz CT molecular complexity index is 195. The number of rotatable bonds is 6. The molecule has 4 nitrogen and oxygen atoms in total. The minimum atomic E-state index is -0.287. The van der Waals surface area contributed by atoms with E-state index in [-0.39, 0.29) is 12.0 Å². The van der Waals surface area contributed by atoms with E-state index in [1.165, 1.54) is 12.8 Å². The maximum atomic E-state index is 11.9. The summed E-state index contributed by atoms with van der Waals surface area (Å²) in [6.07, 6.45) is 3.82. The topological polar surface area (TPSA) is 55.6 Å². The third-order valence-corrected chi connectivity index (χ3v) is 2.73. The lowest BCUT2D eigenvalue weighted by molar-refractivity contribution is -0.153. The first-order valence-electron chi connectivity index (χ1n) is 5.90. The van der Waals surface area contributed by atoms with Crippen LogP contribution in [-0.4, -0.2) is 43.2 Å². The Morgan fingerprint density at radius 3 is 3.00 bits per heavy atom. The predicted octanol–water partition coefficient (Wildman–Crippen LogP) is 0.753. The molecule has 15 heavy (non-hydrogen) atoms. The van der Waals surface area contributed by atoms with E-state index < -0.39 is 0 Å². The van der Waals surface area contributed by atoms with Crippen LogP contribution < -0.4 is 5.73 Å². The molecule has 1 rings (SSSR count). The summed E-state index contributed by atoms with van der Waals surface area (Å²) >= 11 is 0. The molecule has 0 aromatic carbocycles. The second-order valence-electron chi connectivity index (χ2n) is 3.97. The summed E-state index contributed by atoms with van der Waals surface area (Å²) in [5, 5.41) is 0. The van der Waals surface area contributed by atoms with Gasteiger partial charge in [0.1, 0.15) is 6.10 Å². The van der Waals surface area contributed by atoms with Crippen molar-refractivity contribution in [2.75, 3.05) is 26.2 Å². The highest BCUT2D eigenvalue weighted by atomic mass is 16.5. The van der Waals surface area contributed by atoms with E-state index in [1.54, 1.807) is 0 Å². The lowest BCUT2D eigenvalue weighted by Crippen LogP contribution is -2.48. The van der Waals surface area contributed by atoms with Gasteiger partial charge in [0.2, 0.25) is 0 Å². The third kappa shape index (κ3) is 3.80. The van der Waals surface area contributed by atoms with Gasteiger partial charge in [-0.2, -0.15) is 0 Å². The summed E-state index contributed by atoms with van der Waals surface area (Å²) in [5.74, 6) is 0.128. The van der Waals surface area contributed by atoms with Crippen LogP contribution in [0.3, 0.4) is 0 Å². The predicted molar refractivity (Wildman–Crippen MR) is 59.5 cm³/mol. The molecule has 0 saturated carbocycles. The number of unbranched alkanes of at least 4 members (excludes halogenated alkanes) is 2. The molecular weight excluding hydrogens is 192 g/mol. The molecule has 0 bridgehead atoms. The van der Waals surface area contributed by atoms with E-state index >= 15 is 0 Å². The van der Waals surface area contributed by atoms with Crippen LogP contribution in [0.2, 0.25) is 0 Å². The second-order valence-corrected chi connectivity index (χ2v) is 3.97. The molecule has 1 aliphatic rings. The fraction of sp³-hybridized carbons (Fsp3) is 0.909. The average molecular weight is 214 g/mol. The number of nitrogens with two attached hydrogens (primary N) is 1. The molecule has 0 spiro atoms. The van der Waals surface area contributed by atoms with Crippen LogP contribution in [0.5, 0.6) is 0 Å². The molecule has 1 aliphatic heterocycles. The standard InChI is InChI=1S/C11H22N2O2/c1-2-3-4-7-13-8-9-15-10(5-6-12)11(13)14/h10H,2-9,12H2,1H3. The van der Waals surface area contributed by atoms with Crippen molar-refractivity contribution in [3.8, 4) is 0 Å². The van der Waals surface area contributed by atoms with Crippen LogP contribution in [0.4, 0.5) is 0 Å². The van der Waals surface area contributed by atoms with Crippen molar-refractivity contribution in [1.29, 1.82) is 0 Å². The lowest BCUT2D eigenvalue weighted by atomic mass is 10.1. The fourth-order valence-electron chi connectivity index (χ4n) is 1.82. The smallest absolute Gasteiger partial charge is 0.251 e. The van der Waals surface area contributed by atoms with Gasteiger partial charge in [0.25, 0.3) is 5.91 Å². The Labute approximate surface area is 91.8 Å².